The lowest BCUT2D eigenvalue weighted by atomic mass is 10.2. The van der Waals surface area contributed by atoms with E-state index in [2.05, 4.69) is 0 Å². The van der Waals surface area contributed by atoms with Gasteiger partial charge in [-0.1, -0.05) is 30.3 Å². The molecule has 0 radical (unpaired) electrons. The first-order chi connectivity index (χ1) is 7.36. The van der Waals surface area contributed by atoms with Crippen LogP contribution in [-0.2, 0) is 11.3 Å². The molecule has 15 heavy (non-hydrogen) atoms. The fraction of sp³-hybridized carbons (Fsp3) is 0.500. The number of ether oxygens (including phenoxy) is 1. The third-order valence-corrected chi connectivity index (χ3v) is 2.23. The monoisotopic (exact) mass is 210 g/mol. The molecule has 0 amide bonds. The lowest BCUT2D eigenvalue weighted by molar-refractivity contribution is 0.00950. The largest absolute Gasteiger partial charge is 0.396 e. The minimum absolute atomic E-state index is 0.0554. The highest BCUT2D eigenvalue weighted by molar-refractivity contribution is 5.13. The summed E-state index contributed by atoms with van der Waals surface area (Å²) in [6.07, 6.45) is 1.10. The Bertz CT molecular complexity index is 242. The van der Waals surface area contributed by atoms with E-state index in [0.29, 0.717) is 19.4 Å². The van der Waals surface area contributed by atoms with Crippen LogP contribution in [0.3, 0.4) is 0 Å². The van der Waals surface area contributed by atoms with Crippen LogP contribution in [0.2, 0.25) is 0 Å². The predicted molar refractivity (Wildman–Crippen MR) is 58.4 cm³/mol. The molecule has 0 aliphatic carbocycles. The second kappa shape index (κ2) is 7.40. The maximum absolute atomic E-state index is 8.80. The Hall–Kier alpha value is -0.900. The quantitative estimate of drug-likeness (QED) is 0.714. The van der Waals surface area contributed by atoms with E-state index >= 15 is 0 Å². The molecule has 0 aromatic heterocycles. The van der Waals surface area contributed by atoms with Crippen molar-refractivity contribution in [3.05, 3.63) is 35.9 Å². The van der Waals surface area contributed by atoms with E-state index in [1.54, 1.807) is 0 Å². The summed E-state index contributed by atoms with van der Waals surface area (Å²) in [5, 5.41) is 17.6. The number of aliphatic hydroxyl groups is 2. The first kappa shape index (κ1) is 12.2. The van der Waals surface area contributed by atoms with Crippen LogP contribution < -0.4 is 0 Å². The zero-order valence-corrected chi connectivity index (χ0v) is 8.80. The van der Waals surface area contributed by atoms with Crippen molar-refractivity contribution in [2.45, 2.75) is 25.6 Å². The SMILES string of the molecule is OCCC(CCO)OCc1ccccc1. The van der Waals surface area contributed by atoms with Crippen molar-refractivity contribution in [3.63, 3.8) is 0 Å². The Morgan fingerprint density at radius 1 is 1.00 bits per heavy atom. The number of benzene rings is 1. The van der Waals surface area contributed by atoms with E-state index < -0.39 is 0 Å². The Morgan fingerprint density at radius 3 is 2.13 bits per heavy atom. The molecule has 1 rings (SSSR count). The summed E-state index contributed by atoms with van der Waals surface area (Å²) in [5.41, 5.74) is 1.11. The van der Waals surface area contributed by atoms with E-state index in [1.807, 2.05) is 30.3 Å². The molecule has 0 heterocycles. The third-order valence-electron chi connectivity index (χ3n) is 2.23. The van der Waals surface area contributed by atoms with Crippen LogP contribution in [0.25, 0.3) is 0 Å². The fourth-order valence-corrected chi connectivity index (χ4v) is 1.39. The Balaban J connectivity index is 2.33. The maximum Gasteiger partial charge on any atom is 0.0720 e. The van der Waals surface area contributed by atoms with Gasteiger partial charge in [-0.2, -0.15) is 0 Å². The van der Waals surface area contributed by atoms with E-state index in [1.165, 1.54) is 0 Å². The Kier molecular flexibility index (Phi) is 6.00. The number of aliphatic hydroxyl groups excluding tert-OH is 2. The summed E-state index contributed by atoms with van der Waals surface area (Å²) in [5.74, 6) is 0. The summed E-state index contributed by atoms with van der Waals surface area (Å²) in [6, 6.07) is 9.88. The molecule has 2 N–H and O–H groups in total. The second-order valence-corrected chi connectivity index (χ2v) is 3.44. The molecule has 1 aromatic rings. The molecule has 3 heteroatoms. The fourth-order valence-electron chi connectivity index (χ4n) is 1.39. The van der Waals surface area contributed by atoms with Gasteiger partial charge in [0.2, 0.25) is 0 Å². The zero-order valence-electron chi connectivity index (χ0n) is 8.80. The number of hydrogen-bond donors (Lipinski definition) is 2. The van der Waals surface area contributed by atoms with Crippen LogP contribution in [0.5, 0.6) is 0 Å². The molecule has 84 valence electrons. The molecule has 0 bridgehead atoms. The summed E-state index contributed by atoms with van der Waals surface area (Å²) in [7, 11) is 0. The average molecular weight is 210 g/mol. The van der Waals surface area contributed by atoms with E-state index in [0.717, 1.165) is 5.56 Å². The van der Waals surface area contributed by atoms with Gasteiger partial charge in [0.05, 0.1) is 12.7 Å². The van der Waals surface area contributed by atoms with Gasteiger partial charge in [0.15, 0.2) is 0 Å². The summed E-state index contributed by atoms with van der Waals surface area (Å²) < 4.78 is 5.59. The molecule has 1 aromatic carbocycles. The minimum Gasteiger partial charge on any atom is -0.396 e. The van der Waals surface area contributed by atoms with Crippen LogP contribution in [-0.4, -0.2) is 29.5 Å². The maximum atomic E-state index is 8.80. The van der Waals surface area contributed by atoms with Crippen LogP contribution in [0, 0.1) is 0 Å². The van der Waals surface area contributed by atoms with E-state index in [4.69, 9.17) is 14.9 Å². The highest BCUT2D eigenvalue weighted by Gasteiger charge is 2.07. The first-order valence-electron chi connectivity index (χ1n) is 5.24. The molecule has 0 saturated heterocycles. The minimum atomic E-state index is -0.0554. The molecule has 3 nitrogen and oxygen atoms in total. The van der Waals surface area contributed by atoms with Gasteiger partial charge in [-0.05, 0) is 18.4 Å². The summed E-state index contributed by atoms with van der Waals surface area (Å²) in [6.45, 7) is 0.727. The summed E-state index contributed by atoms with van der Waals surface area (Å²) >= 11 is 0. The van der Waals surface area contributed by atoms with Gasteiger partial charge in [0.1, 0.15) is 0 Å². The van der Waals surface area contributed by atoms with Crippen molar-refractivity contribution >= 4 is 0 Å². The van der Waals surface area contributed by atoms with Crippen LogP contribution in [0.4, 0.5) is 0 Å². The Labute approximate surface area is 90.3 Å². The summed E-state index contributed by atoms with van der Waals surface area (Å²) in [4.78, 5) is 0. The third kappa shape index (κ3) is 4.93. The van der Waals surface area contributed by atoms with Crippen molar-refractivity contribution in [3.8, 4) is 0 Å². The molecule has 0 atom stereocenters. The second-order valence-electron chi connectivity index (χ2n) is 3.44. The van der Waals surface area contributed by atoms with Gasteiger partial charge in [-0.25, -0.2) is 0 Å². The van der Waals surface area contributed by atoms with Crippen molar-refractivity contribution < 1.29 is 14.9 Å². The predicted octanol–water partition coefficient (Wildman–Crippen LogP) is 1.34. The highest BCUT2D eigenvalue weighted by Crippen LogP contribution is 2.08. The highest BCUT2D eigenvalue weighted by atomic mass is 16.5. The van der Waals surface area contributed by atoms with Crippen LogP contribution >= 0.6 is 0 Å². The van der Waals surface area contributed by atoms with Gasteiger partial charge >= 0.3 is 0 Å². The van der Waals surface area contributed by atoms with Crippen LogP contribution in [0.1, 0.15) is 18.4 Å². The lowest BCUT2D eigenvalue weighted by Crippen LogP contribution is -2.16. The standard InChI is InChI=1S/C12H18O3/c13-8-6-12(7-9-14)15-10-11-4-2-1-3-5-11/h1-5,12-14H,6-10H2. The van der Waals surface area contributed by atoms with Gasteiger partial charge in [-0.3, -0.25) is 0 Å². The van der Waals surface area contributed by atoms with Gasteiger partial charge in [0.25, 0.3) is 0 Å². The zero-order chi connectivity index (χ0) is 10.9. The lowest BCUT2D eigenvalue weighted by Gasteiger charge is -2.15. The molecular weight excluding hydrogens is 192 g/mol. The molecule has 0 fully saturated rings. The van der Waals surface area contributed by atoms with E-state index in [-0.39, 0.29) is 19.3 Å². The normalized spacial score (nSPS) is 10.9. The van der Waals surface area contributed by atoms with E-state index in [9.17, 15) is 0 Å². The van der Waals surface area contributed by atoms with Gasteiger partial charge < -0.3 is 14.9 Å². The van der Waals surface area contributed by atoms with Crippen molar-refractivity contribution in [2.75, 3.05) is 13.2 Å². The Morgan fingerprint density at radius 2 is 1.60 bits per heavy atom. The topological polar surface area (TPSA) is 49.7 Å². The molecule has 0 unspecified atom stereocenters. The van der Waals surface area contributed by atoms with Crippen molar-refractivity contribution in [2.24, 2.45) is 0 Å². The molecule has 0 aliphatic heterocycles. The van der Waals surface area contributed by atoms with Gasteiger partial charge in [-0.15, -0.1) is 0 Å². The smallest absolute Gasteiger partial charge is 0.0720 e. The van der Waals surface area contributed by atoms with Gasteiger partial charge in [0, 0.05) is 13.2 Å². The molecular formula is C12H18O3. The molecule has 0 spiro atoms. The number of hydrogen-bond acceptors (Lipinski definition) is 3. The first-order valence-corrected chi connectivity index (χ1v) is 5.24. The average Bonchev–Trinajstić information content (AvgIpc) is 2.28. The van der Waals surface area contributed by atoms with Crippen molar-refractivity contribution in [1.82, 2.24) is 0 Å². The molecule has 0 saturated carbocycles. The molecule has 0 aliphatic rings. The number of rotatable bonds is 7. The van der Waals surface area contributed by atoms with Crippen LogP contribution in [0.15, 0.2) is 30.3 Å². The van der Waals surface area contributed by atoms with Crippen molar-refractivity contribution in [1.29, 1.82) is 0 Å².